The molecule has 2 atom stereocenters. The molecule has 29 heavy (non-hydrogen) atoms. The zero-order valence-corrected chi connectivity index (χ0v) is 17.3. The molecule has 1 N–H and O–H groups in total. The van der Waals surface area contributed by atoms with E-state index in [-0.39, 0.29) is 19.1 Å². The SMILES string of the molecule is Cc1c(C(=O)N2CCC2)cccc1N1CCOC(C(O)C(=O)OC(C)(C)C)C1=O. The number of aliphatic hydroxyl groups is 1. The molecule has 158 valence electrons. The van der Waals surface area contributed by atoms with Crippen molar-refractivity contribution >= 4 is 23.5 Å². The van der Waals surface area contributed by atoms with Crippen molar-refractivity contribution in [1.82, 2.24) is 4.90 Å². The Kier molecular flexibility index (Phi) is 5.95. The Hall–Kier alpha value is -2.45. The Balaban J connectivity index is 1.81. The minimum Gasteiger partial charge on any atom is -0.458 e. The number of morpholine rings is 1. The van der Waals surface area contributed by atoms with Crippen LogP contribution in [0.5, 0.6) is 0 Å². The van der Waals surface area contributed by atoms with E-state index in [0.717, 1.165) is 19.5 Å². The van der Waals surface area contributed by atoms with Crippen LogP contribution in [0, 0.1) is 6.92 Å². The third kappa shape index (κ3) is 4.43. The molecule has 2 heterocycles. The van der Waals surface area contributed by atoms with E-state index in [4.69, 9.17) is 9.47 Å². The van der Waals surface area contributed by atoms with E-state index in [0.29, 0.717) is 16.8 Å². The molecule has 0 bridgehead atoms. The summed E-state index contributed by atoms with van der Waals surface area (Å²) >= 11 is 0. The number of benzene rings is 1. The highest BCUT2D eigenvalue weighted by Crippen LogP contribution is 2.28. The lowest BCUT2D eigenvalue weighted by molar-refractivity contribution is -0.177. The third-order valence-electron chi connectivity index (χ3n) is 5.03. The zero-order chi connectivity index (χ0) is 21.3. The van der Waals surface area contributed by atoms with Crippen LogP contribution in [-0.2, 0) is 19.1 Å². The number of carbonyl (C=O) groups is 3. The summed E-state index contributed by atoms with van der Waals surface area (Å²) < 4.78 is 10.6. The second kappa shape index (κ2) is 8.12. The van der Waals surface area contributed by atoms with Gasteiger partial charge in [-0.05, 0) is 51.8 Å². The topological polar surface area (TPSA) is 96.4 Å². The van der Waals surface area contributed by atoms with E-state index >= 15 is 0 Å². The maximum atomic E-state index is 13.0. The van der Waals surface area contributed by atoms with Crippen LogP contribution in [0.4, 0.5) is 5.69 Å². The number of ether oxygens (including phenoxy) is 2. The van der Waals surface area contributed by atoms with Gasteiger partial charge in [-0.15, -0.1) is 0 Å². The molecule has 2 amide bonds. The average molecular weight is 404 g/mol. The standard InChI is InChI=1S/C21H28N2O6/c1-13-14(18(25)22-9-6-10-22)7-5-8-15(13)23-11-12-28-17(19(23)26)16(24)20(27)29-21(2,3)4/h5,7-8,16-17,24H,6,9-12H2,1-4H3. The van der Waals surface area contributed by atoms with E-state index in [2.05, 4.69) is 0 Å². The summed E-state index contributed by atoms with van der Waals surface area (Å²) in [6.07, 6.45) is -2.08. The molecular formula is C21H28N2O6. The monoisotopic (exact) mass is 404 g/mol. The van der Waals surface area contributed by atoms with Crippen LogP contribution in [0.25, 0.3) is 0 Å². The van der Waals surface area contributed by atoms with Crippen molar-refractivity contribution in [2.45, 2.75) is 51.9 Å². The van der Waals surface area contributed by atoms with E-state index in [1.54, 1.807) is 50.8 Å². The first kappa shape index (κ1) is 21.3. The summed E-state index contributed by atoms with van der Waals surface area (Å²) in [7, 11) is 0. The third-order valence-corrected chi connectivity index (χ3v) is 5.03. The van der Waals surface area contributed by atoms with Crippen molar-refractivity contribution in [3.05, 3.63) is 29.3 Å². The van der Waals surface area contributed by atoms with Crippen LogP contribution >= 0.6 is 0 Å². The number of esters is 1. The summed E-state index contributed by atoms with van der Waals surface area (Å²) in [6.45, 7) is 8.72. The highest BCUT2D eigenvalue weighted by Gasteiger charge is 2.41. The van der Waals surface area contributed by atoms with Crippen molar-refractivity contribution in [3.63, 3.8) is 0 Å². The van der Waals surface area contributed by atoms with Crippen LogP contribution in [0.3, 0.4) is 0 Å². The molecule has 0 aromatic heterocycles. The van der Waals surface area contributed by atoms with Gasteiger partial charge in [0.05, 0.1) is 6.61 Å². The molecule has 3 rings (SSSR count). The molecule has 2 aliphatic rings. The molecular weight excluding hydrogens is 376 g/mol. The highest BCUT2D eigenvalue weighted by molar-refractivity contribution is 6.03. The minimum absolute atomic E-state index is 0.0540. The van der Waals surface area contributed by atoms with E-state index in [9.17, 15) is 19.5 Å². The van der Waals surface area contributed by atoms with E-state index in [1.807, 2.05) is 0 Å². The lowest BCUT2D eigenvalue weighted by atomic mass is 10.0. The van der Waals surface area contributed by atoms with Gasteiger partial charge in [0.25, 0.3) is 11.8 Å². The van der Waals surface area contributed by atoms with Gasteiger partial charge < -0.3 is 24.4 Å². The van der Waals surface area contributed by atoms with Crippen LogP contribution < -0.4 is 4.90 Å². The van der Waals surface area contributed by atoms with Crippen LogP contribution in [0.15, 0.2) is 18.2 Å². The molecule has 2 aliphatic heterocycles. The summed E-state index contributed by atoms with van der Waals surface area (Å²) in [6, 6.07) is 5.23. The molecule has 1 aromatic carbocycles. The first-order valence-corrected chi connectivity index (χ1v) is 9.83. The number of amides is 2. The number of hydrogen-bond donors (Lipinski definition) is 1. The number of nitrogens with zero attached hydrogens (tertiary/aromatic N) is 2. The predicted octanol–water partition coefficient (Wildman–Crippen LogP) is 1.28. The second-order valence-corrected chi connectivity index (χ2v) is 8.36. The highest BCUT2D eigenvalue weighted by atomic mass is 16.6. The maximum Gasteiger partial charge on any atom is 0.338 e. The van der Waals surface area contributed by atoms with Crippen LogP contribution in [0.2, 0.25) is 0 Å². The number of anilines is 1. The number of carbonyl (C=O) groups excluding carboxylic acids is 3. The zero-order valence-electron chi connectivity index (χ0n) is 17.3. The van der Waals surface area contributed by atoms with Crippen molar-refractivity contribution in [1.29, 1.82) is 0 Å². The quantitative estimate of drug-likeness (QED) is 0.760. The normalized spacial score (nSPS) is 20.9. The van der Waals surface area contributed by atoms with Crippen LogP contribution in [0.1, 0.15) is 43.1 Å². The molecule has 0 aliphatic carbocycles. The van der Waals surface area contributed by atoms with Crippen molar-refractivity contribution in [3.8, 4) is 0 Å². The fourth-order valence-corrected chi connectivity index (χ4v) is 3.39. The maximum absolute atomic E-state index is 13.0. The summed E-state index contributed by atoms with van der Waals surface area (Å²) in [5, 5.41) is 10.4. The van der Waals surface area contributed by atoms with Gasteiger partial charge in [-0.1, -0.05) is 6.07 Å². The fraction of sp³-hybridized carbons (Fsp3) is 0.571. The number of likely N-dealkylation sites (tertiary alicyclic amines) is 1. The minimum atomic E-state index is -1.73. The molecule has 8 nitrogen and oxygen atoms in total. The molecule has 2 saturated heterocycles. The van der Waals surface area contributed by atoms with Gasteiger partial charge in [-0.2, -0.15) is 0 Å². The first-order chi connectivity index (χ1) is 13.6. The molecule has 8 heteroatoms. The lowest BCUT2D eigenvalue weighted by Crippen LogP contribution is -2.55. The Morgan fingerprint density at radius 2 is 1.93 bits per heavy atom. The van der Waals surface area contributed by atoms with Gasteiger partial charge in [0.1, 0.15) is 5.60 Å². The van der Waals surface area contributed by atoms with Crippen LogP contribution in [-0.4, -0.2) is 71.8 Å². The largest absolute Gasteiger partial charge is 0.458 e. The number of hydrogen-bond acceptors (Lipinski definition) is 6. The van der Waals surface area contributed by atoms with Gasteiger partial charge in [-0.3, -0.25) is 9.59 Å². The molecule has 2 fully saturated rings. The average Bonchev–Trinajstić information content (AvgIpc) is 2.59. The Morgan fingerprint density at radius 3 is 2.52 bits per heavy atom. The predicted molar refractivity (Wildman–Crippen MR) is 106 cm³/mol. The molecule has 0 radical (unpaired) electrons. The second-order valence-electron chi connectivity index (χ2n) is 8.36. The summed E-state index contributed by atoms with van der Waals surface area (Å²) in [4.78, 5) is 41.1. The smallest absolute Gasteiger partial charge is 0.338 e. The van der Waals surface area contributed by atoms with Gasteiger partial charge in [0.2, 0.25) is 0 Å². The van der Waals surface area contributed by atoms with Gasteiger partial charge in [0.15, 0.2) is 12.2 Å². The number of rotatable bonds is 4. The Morgan fingerprint density at radius 1 is 1.24 bits per heavy atom. The van der Waals surface area contributed by atoms with Gasteiger partial charge >= 0.3 is 5.97 Å². The number of aliphatic hydroxyl groups excluding tert-OH is 1. The molecule has 0 saturated carbocycles. The molecule has 2 unspecified atom stereocenters. The molecule has 1 aromatic rings. The Bertz CT molecular complexity index is 812. The van der Waals surface area contributed by atoms with Gasteiger partial charge in [-0.25, -0.2) is 4.79 Å². The first-order valence-electron chi connectivity index (χ1n) is 9.83. The van der Waals surface area contributed by atoms with Crippen molar-refractivity contribution in [2.24, 2.45) is 0 Å². The van der Waals surface area contributed by atoms with Crippen molar-refractivity contribution in [2.75, 3.05) is 31.1 Å². The van der Waals surface area contributed by atoms with Crippen molar-refractivity contribution < 1.29 is 29.0 Å². The lowest BCUT2D eigenvalue weighted by Gasteiger charge is -2.36. The fourth-order valence-electron chi connectivity index (χ4n) is 3.39. The molecule has 0 spiro atoms. The van der Waals surface area contributed by atoms with Gasteiger partial charge in [0, 0.05) is 30.9 Å². The summed E-state index contributed by atoms with van der Waals surface area (Å²) in [5.41, 5.74) is 1.01. The van der Waals surface area contributed by atoms with E-state index in [1.165, 1.54) is 4.90 Å². The van der Waals surface area contributed by atoms with E-state index < -0.39 is 29.7 Å². The summed E-state index contributed by atoms with van der Waals surface area (Å²) in [5.74, 6) is -1.50. The Labute approximate surface area is 170 Å².